The molecule has 19 heavy (non-hydrogen) atoms. The van der Waals surface area contributed by atoms with Gasteiger partial charge >= 0.3 is 0 Å². The molecule has 2 aromatic heterocycles. The molecule has 2 aromatic rings. The van der Waals surface area contributed by atoms with Crippen LogP contribution >= 0.6 is 31.9 Å². The third-order valence-electron chi connectivity index (χ3n) is 2.47. The zero-order valence-corrected chi connectivity index (χ0v) is 14.1. The van der Waals surface area contributed by atoms with E-state index in [-0.39, 0.29) is 0 Å². The van der Waals surface area contributed by atoms with Gasteiger partial charge in [0.1, 0.15) is 4.60 Å². The van der Waals surface area contributed by atoms with Gasteiger partial charge in [-0.1, -0.05) is 19.9 Å². The molecule has 0 bridgehead atoms. The zero-order valence-electron chi connectivity index (χ0n) is 10.9. The summed E-state index contributed by atoms with van der Waals surface area (Å²) in [4.78, 5) is 4.21. The molecule has 0 atom stereocenters. The van der Waals surface area contributed by atoms with Crippen molar-refractivity contribution < 1.29 is 4.73 Å². The van der Waals surface area contributed by atoms with Gasteiger partial charge in [0.05, 0.1) is 0 Å². The second kappa shape index (κ2) is 8.27. The maximum Gasteiger partial charge on any atom is 0.259 e. The molecular weight excluding hydrogens is 372 g/mol. The number of pyridine rings is 2. The minimum absolute atomic E-state index is 0.576. The average molecular weight is 388 g/mol. The molecule has 3 nitrogen and oxygen atoms in total. The van der Waals surface area contributed by atoms with Crippen molar-refractivity contribution >= 4 is 31.9 Å². The number of rotatable bonds is 2. The molecule has 0 spiro atoms. The van der Waals surface area contributed by atoms with E-state index in [9.17, 15) is 5.21 Å². The van der Waals surface area contributed by atoms with Gasteiger partial charge in [0, 0.05) is 40.2 Å². The number of nitrogens with zero attached hydrogens (tertiary/aromatic N) is 2. The highest BCUT2D eigenvalue weighted by molar-refractivity contribution is 9.10. The van der Waals surface area contributed by atoms with E-state index in [4.69, 9.17) is 0 Å². The van der Waals surface area contributed by atoms with Crippen LogP contribution < -0.4 is 4.73 Å². The summed E-state index contributed by atoms with van der Waals surface area (Å²) < 4.78 is 2.38. The molecule has 2 rings (SSSR count). The number of aromatic nitrogens is 2. The SMILES string of the molecule is CCc1cccc(Br)[n+]1[O-].CCc1cccc(Br)n1. The van der Waals surface area contributed by atoms with E-state index in [0.717, 1.165) is 33.6 Å². The summed E-state index contributed by atoms with van der Waals surface area (Å²) in [6, 6.07) is 11.3. The molecule has 0 amide bonds. The van der Waals surface area contributed by atoms with Crippen molar-refractivity contribution in [2.24, 2.45) is 0 Å². The molecule has 0 aliphatic heterocycles. The van der Waals surface area contributed by atoms with Gasteiger partial charge in [-0.15, -0.1) is 0 Å². The van der Waals surface area contributed by atoms with E-state index in [1.807, 2.05) is 37.3 Å². The summed E-state index contributed by atoms with van der Waals surface area (Å²) in [5.74, 6) is 0. The van der Waals surface area contributed by atoms with Crippen LogP contribution in [0.5, 0.6) is 0 Å². The topological polar surface area (TPSA) is 39.8 Å². The Morgan fingerprint density at radius 2 is 1.74 bits per heavy atom. The Balaban J connectivity index is 0.000000191. The first-order chi connectivity index (χ1) is 9.08. The average Bonchev–Trinajstić information content (AvgIpc) is 2.42. The molecule has 0 aliphatic carbocycles. The van der Waals surface area contributed by atoms with Crippen molar-refractivity contribution in [3.8, 4) is 0 Å². The van der Waals surface area contributed by atoms with Crippen LogP contribution in [0.25, 0.3) is 0 Å². The summed E-state index contributed by atoms with van der Waals surface area (Å²) in [6.07, 6.45) is 1.77. The van der Waals surface area contributed by atoms with Crippen molar-refractivity contribution in [3.05, 3.63) is 62.2 Å². The third kappa shape index (κ3) is 5.28. The molecular formula is C14H16Br2N2O. The molecule has 102 valence electrons. The lowest BCUT2D eigenvalue weighted by atomic mass is 10.3. The van der Waals surface area contributed by atoms with E-state index in [2.05, 4.69) is 43.8 Å². The van der Waals surface area contributed by atoms with Gasteiger partial charge in [-0.25, -0.2) is 4.98 Å². The van der Waals surface area contributed by atoms with Gasteiger partial charge < -0.3 is 5.21 Å². The fraction of sp³-hybridized carbons (Fsp3) is 0.286. The van der Waals surface area contributed by atoms with Gasteiger partial charge in [-0.3, -0.25) is 0 Å². The van der Waals surface area contributed by atoms with Crippen LogP contribution in [-0.4, -0.2) is 4.98 Å². The van der Waals surface area contributed by atoms with Crippen molar-refractivity contribution in [3.63, 3.8) is 0 Å². The van der Waals surface area contributed by atoms with Crippen molar-refractivity contribution in [1.82, 2.24) is 4.98 Å². The molecule has 0 fully saturated rings. The molecule has 0 aliphatic rings. The summed E-state index contributed by atoms with van der Waals surface area (Å²) >= 11 is 6.43. The van der Waals surface area contributed by atoms with Crippen LogP contribution in [0, 0.1) is 5.21 Å². The quantitative estimate of drug-likeness (QED) is 0.443. The molecule has 5 heteroatoms. The first-order valence-corrected chi connectivity index (χ1v) is 7.65. The van der Waals surface area contributed by atoms with E-state index in [0.29, 0.717) is 4.60 Å². The minimum Gasteiger partial charge on any atom is -0.618 e. The second-order valence-corrected chi connectivity index (χ2v) is 5.42. The fourth-order valence-corrected chi connectivity index (χ4v) is 2.18. The monoisotopic (exact) mass is 386 g/mol. The van der Waals surface area contributed by atoms with Crippen LogP contribution in [-0.2, 0) is 12.8 Å². The first kappa shape index (κ1) is 16.1. The number of aryl methyl sites for hydroxylation is 2. The van der Waals surface area contributed by atoms with Crippen LogP contribution in [0.2, 0.25) is 0 Å². The maximum absolute atomic E-state index is 11.1. The maximum atomic E-state index is 11.1. The highest BCUT2D eigenvalue weighted by Gasteiger charge is 2.03. The lowest BCUT2D eigenvalue weighted by Gasteiger charge is -2.02. The fourth-order valence-electron chi connectivity index (χ4n) is 1.42. The highest BCUT2D eigenvalue weighted by Crippen LogP contribution is 2.06. The van der Waals surface area contributed by atoms with Crippen molar-refractivity contribution in [1.29, 1.82) is 0 Å². The van der Waals surface area contributed by atoms with Gasteiger partial charge in [0.2, 0.25) is 0 Å². The van der Waals surface area contributed by atoms with Crippen LogP contribution in [0.1, 0.15) is 25.2 Å². The lowest BCUT2D eigenvalue weighted by molar-refractivity contribution is -0.625. The lowest BCUT2D eigenvalue weighted by Crippen LogP contribution is -2.32. The number of halogens is 2. The summed E-state index contributed by atoms with van der Waals surface area (Å²) in [6.45, 7) is 4.05. The molecule has 0 saturated carbocycles. The normalized spacial score (nSPS) is 9.68. The predicted molar refractivity (Wildman–Crippen MR) is 83.8 cm³/mol. The Kier molecular flexibility index (Phi) is 7.02. The van der Waals surface area contributed by atoms with E-state index >= 15 is 0 Å². The summed E-state index contributed by atoms with van der Waals surface area (Å²) in [5.41, 5.74) is 1.92. The van der Waals surface area contributed by atoms with Gasteiger partial charge in [0.15, 0.2) is 5.69 Å². The molecule has 0 N–H and O–H groups in total. The van der Waals surface area contributed by atoms with Gasteiger partial charge in [0.25, 0.3) is 4.60 Å². The van der Waals surface area contributed by atoms with Crippen molar-refractivity contribution in [2.45, 2.75) is 26.7 Å². The number of hydrogen-bond acceptors (Lipinski definition) is 2. The van der Waals surface area contributed by atoms with Crippen molar-refractivity contribution in [2.75, 3.05) is 0 Å². The van der Waals surface area contributed by atoms with Crippen LogP contribution in [0.15, 0.2) is 45.6 Å². The molecule has 2 heterocycles. The first-order valence-electron chi connectivity index (χ1n) is 6.06. The smallest absolute Gasteiger partial charge is 0.259 e. The van der Waals surface area contributed by atoms with Gasteiger partial charge in [-0.2, -0.15) is 4.73 Å². The second-order valence-electron chi connectivity index (χ2n) is 3.79. The molecule has 0 aromatic carbocycles. The minimum atomic E-state index is 0.576. The van der Waals surface area contributed by atoms with Crippen LogP contribution in [0.4, 0.5) is 0 Å². The Bertz CT molecular complexity index is 533. The van der Waals surface area contributed by atoms with E-state index in [1.54, 1.807) is 6.07 Å². The third-order valence-corrected chi connectivity index (χ3v) is 3.50. The highest BCUT2D eigenvalue weighted by atomic mass is 79.9. The van der Waals surface area contributed by atoms with Crippen LogP contribution in [0.3, 0.4) is 0 Å². The number of hydrogen-bond donors (Lipinski definition) is 0. The largest absolute Gasteiger partial charge is 0.618 e. The Morgan fingerprint density at radius 3 is 2.21 bits per heavy atom. The van der Waals surface area contributed by atoms with Gasteiger partial charge in [-0.05, 0) is 40.5 Å². The zero-order chi connectivity index (χ0) is 14.3. The summed E-state index contributed by atoms with van der Waals surface area (Å²) in [5, 5.41) is 11.1. The van der Waals surface area contributed by atoms with E-state index in [1.165, 1.54) is 0 Å². The molecule has 0 unspecified atom stereocenters. The molecule has 0 radical (unpaired) electrons. The Hall–Kier alpha value is -0.940. The Labute approximate surface area is 130 Å². The summed E-state index contributed by atoms with van der Waals surface area (Å²) in [7, 11) is 0. The Morgan fingerprint density at radius 1 is 1.05 bits per heavy atom. The molecule has 0 saturated heterocycles. The van der Waals surface area contributed by atoms with E-state index < -0.39 is 0 Å². The standard InChI is InChI=1S/C7H8BrNO.C7H8BrN/c1-2-6-4-3-5-7(8)9(6)10;1-2-6-4-3-5-7(8)9-6/h3-5H,2H2,1H3;3-5H,2H2,1H3. The predicted octanol–water partition coefficient (Wildman–Crippen LogP) is 4.05.